The molecule has 4 aromatic rings. The number of nitrogens with zero attached hydrogens (tertiary/aromatic N) is 2. The van der Waals surface area contributed by atoms with Gasteiger partial charge in [0, 0.05) is 11.8 Å². The van der Waals surface area contributed by atoms with Gasteiger partial charge >= 0.3 is 0 Å². The number of ether oxygens (including phenoxy) is 3. The number of methoxy groups -OCH3 is 3. The maximum atomic E-state index is 13.4. The summed E-state index contributed by atoms with van der Waals surface area (Å²) in [5.41, 5.74) is 4.14. The minimum Gasteiger partial charge on any atom is -0.495 e. The highest BCUT2D eigenvalue weighted by atomic mass is 16.5. The molecule has 0 saturated heterocycles. The summed E-state index contributed by atoms with van der Waals surface area (Å²) in [7, 11) is 4.73. The van der Waals surface area contributed by atoms with E-state index in [0.29, 0.717) is 28.5 Å². The number of hydrogen-bond acceptors (Lipinski definition) is 5. The molecule has 1 amide bonds. The number of rotatable bonds is 7. The first-order valence-electron chi connectivity index (χ1n) is 10.4. The average Bonchev–Trinajstić information content (AvgIpc) is 3.31. The van der Waals surface area contributed by atoms with Gasteiger partial charge in [0.15, 0.2) is 17.2 Å². The van der Waals surface area contributed by atoms with E-state index in [2.05, 4.69) is 10.4 Å². The molecule has 0 atom stereocenters. The number of anilines is 1. The number of aryl methyl sites for hydroxylation is 1. The van der Waals surface area contributed by atoms with Crippen LogP contribution in [0.25, 0.3) is 16.8 Å². The molecule has 7 nitrogen and oxygen atoms in total. The quantitative estimate of drug-likeness (QED) is 0.429. The Bertz CT molecular complexity index is 1280. The number of para-hydroxylation sites is 1. The fourth-order valence-corrected chi connectivity index (χ4v) is 3.55. The van der Waals surface area contributed by atoms with Crippen LogP contribution in [-0.2, 0) is 0 Å². The van der Waals surface area contributed by atoms with Crippen LogP contribution in [0.4, 0.5) is 5.69 Å². The monoisotopic (exact) mass is 443 g/mol. The van der Waals surface area contributed by atoms with Gasteiger partial charge in [0.2, 0.25) is 0 Å². The van der Waals surface area contributed by atoms with E-state index in [4.69, 9.17) is 14.2 Å². The molecule has 0 bridgehead atoms. The molecule has 0 aliphatic carbocycles. The van der Waals surface area contributed by atoms with Gasteiger partial charge < -0.3 is 19.5 Å². The summed E-state index contributed by atoms with van der Waals surface area (Å²) in [4.78, 5) is 13.4. The van der Waals surface area contributed by atoms with E-state index < -0.39 is 0 Å². The van der Waals surface area contributed by atoms with E-state index in [1.807, 2.05) is 73.8 Å². The van der Waals surface area contributed by atoms with Crippen LogP contribution < -0.4 is 19.5 Å². The summed E-state index contributed by atoms with van der Waals surface area (Å²) >= 11 is 0. The fraction of sp³-hybridized carbons (Fsp3) is 0.154. The van der Waals surface area contributed by atoms with Crippen molar-refractivity contribution in [2.45, 2.75) is 6.92 Å². The van der Waals surface area contributed by atoms with Gasteiger partial charge in [-0.3, -0.25) is 4.79 Å². The number of carbonyl (C=O) groups excluding carboxylic acids is 1. The predicted octanol–water partition coefficient (Wildman–Crippen LogP) is 5.13. The highest BCUT2D eigenvalue weighted by Gasteiger charge is 2.21. The standard InChI is InChI=1S/C26H25N3O4/c1-17-10-12-21(23(14-17)32-3)27-26(30)25-20(16-29(28-25)19-8-6-5-7-9-19)18-11-13-22(31-2)24(15-18)33-4/h5-16H,1-4H3,(H,27,30). The van der Waals surface area contributed by atoms with Gasteiger partial charge in [0.1, 0.15) is 5.75 Å². The Kier molecular flexibility index (Phi) is 6.31. The first kappa shape index (κ1) is 22.0. The van der Waals surface area contributed by atoms with Crippen LogP contribution in [0, 0.1) is 6.92 Å². The van der Waals surface area contributed by atoms with Gasteiger partial charge in [-0.2, -0.15) is 5.10 Å². The highest BCUT2D eigenvalue weighted by Crippen LogP contribution is 2.34. The molecule has 1 aromatic heterocycles. The fourth-order valence-electron chi connectivity index (χ4n) is 3.55. The van der Waals surface area contributed by atoms with Crippen molar-refractivity contribution in [1.29, 1.82) is 0 Å². The van der Waals surface area contributed by atoms with Gasteiger partial charge in [-0.15, -0.1) is 0 Å². The Morgan fingerprint density at radius 1 is 0.848 bits per heavy atom. The molecule has 1 N–H and O–H groups in total. The van der Waals surface area contributed by atoms with Crippen molar-refractivity contribution in [3.63, 3.8) is 0 Å². The van der Waals surface area contributed by atoms with Gasteiger partial charge in [0.25, 0.3) is 5.91 Å². The number of aromatic nitrogens is 2. The molecule has 3 aromatic carbocycles. The Balaban J connectivity index is 1.80. The number of carbonyl (C=O) groups is 1. The molecule has 4 rings (SSSR count). The van der Waals surface area contributed by atoms with E-state index in [1.54, 1.807) is 32.1 Å². The van der Waals surface area contributed by atoms with E-state index >= 15 is 0 Å². The molecular formula is C26H25N3O4. The smallest absolute Gasteiger partial charge is 0.276 e. The van der Waals surface area contributed by atoms with Crippen molar-refractivity contribution in [3.05, 3.63) is 84.2 Å². The summed E-state index contributed by atoms with van der Waals surface area (Å²) in [6, 6.07) is 20.7. The molecule has 0 aliphatic heterocycles. The molecule has 0 unspecified atom stereocenters. The summed E-state index contributed by atoms with van der Waals surface area (Å²) in [6.45, 7) is 1.96. The minimum absolute atomic E-state index is 0.272. The SMILES string of the molecule is COc1cc(C)ccc1NC(=O)c1nn(-c2ccccc2)cc1-c1ccc(OC)c(OC)c1. The van der Waals surface area contributed by atoms with Gasteiger partial charge in [-0.25, -0.2) is 4.68 Å². The number of amides is 1. The maximum Gasteiger partial charge on any atom is 0.276 e. The van der Waals surface area contributed by atoms with Crippen LogP contribution in [0.5, 0.6) is 17.2 Å². The summed E-state index contributed by atoms with van der Waals surface area (Å²) in [5, 5.41) is 7.55. The molecule has 0 radical (unpaired) electrons. The van der Waals surface area contributed by atoms with Crippen LogP contribution in [0.15, 0.2) is 72.9 Å². The van der Waals surface area contributed by atoms with Gasteiger partial charge in [0.05, 0.1) is 32.7 Å². The second kappa shape index (κ2) is 9.48. The lowest BCUT2D eigenvalue weighted by Gasteiger charge is -2.11. The molecule has 7 heteroatoms. The van der Waals surface area contributed by atoms with E-state index in [0.717, 1.165) is 16.8 Å². The number of nitrogens with one attached hydrogen (secondary N) is 1. The molecule has 1 heterocycles. The van der Waals surface area contributed by atoms with E-state index in [9.17, 15) is 4.79 Å². The topological polar surface area (TPSA) is 74.6 Å². The van der Waals surface area contributed by atoms with Gasteiger partial charge in [-0.05, 0) is 54.4 Å². The Hall–Kier alpha value is -4.26. The van der Waals surface area contributed by atoms with Crippen molar-refractivity contribution in [1.82, 2.24) is 9.78 Å². The molecule has 0 fully saturated rings. The zero-order valence-electron chi connectivity index (χ0n) is 19.0. The van der Waals surface area contributed by atoms with Crippen molar-refractivity contribution in [3.8, 4) is 34.1 Å². The second-order valence-electron chi connectivity index (χ2n) is 7.40. The largest absolute Gasteiger partial charge is 0.495 e. The van der Waals surface area contributed by atoms with Crippen LogP contribution in [0.1, 0.15) is 16.1 Å². The third-order valence-electron chi connectivity index (χ3n) is 5.25. The van der Waals surface area contributed by atoms with Crippen LogP contribution >= 0.6 is 0 Å². The molecule has 33 heavy (non-hydrogen) atoms. The molecule has 168 valence electrons. The van der Waals surface area contributed by atoms with Gasteiger partial charge in [-0.1, -0.05) is 30.3 Å². The van der Waals surface area contributed by atoms with Crippen LogP contribution in [-0.4, -0.2) is 37.0 Å². The number of benzene rings is 3. The Morgan fingerprint density at radius 2 is 1.58 bits per heavy atom. The van der Waals surface area contributed by atoms with E-state index in [1.165, 1.54) is 0 Å². The molecule has 0 spiro atoms. The first-order chi connectivity index (χ1) is 16.0. The predicted molar refractivity (Wildman–Crippen MR) is 128 cm³/mol. The van der Waals surface area contributed by atoms with E-state index in [-0.39, 0.29) is 11.6 Å². The summed E-state index contributed by atoms with van der Waals surface area (Å²) < 4.78 is 17.9. The molecular weight excluding hydrogens is 418 g/mol. The lowest BCUT2D eigenvalue weighted by molar-refractivity contribution is 0.102. The second-order valence-corrected chi connectivity index (χ2v) is 7.40. The first-order valence-corrected chi connectivity index (χ1v) is 10.4. The Labute approximate surface area is 192 Å². The molecule has 0 saturated carbocycles. The third-order valence-corrected chi connectivity index (χ3v) is 5.25. The maximum absolute atomic E-state index is 13.4. The zero-order chi connectivity index (χ0) is 23.4. The third kappa shape index (κ3) is 4.52. The average molecular weight is 444 g/mol. The lowest BCUT2D eigenvalue weighted by atomic mass is 10.1. The van der Waals surface area contributed by atoms with Crippen molar-refractivity contribution in [2.24, 2.45) is 0 Å². The van der Waals surface area contributed by atoms with Crippen molar-refractivity contribution < 1.29 is 19.0 Å². The summed E-state index contributed by atoms with van der Waals surface area (Å²) in [6.07, 6.45) is 1.83. The minimum atomic E-state index is -0.350. The van der Waals surface area contributed by atoms with Crippen LogP contribution in [0.3, 0.4) is 0 Å². The van der Waals surface area contributed by atoms with Crippen molar-refractivity contribution in [2.75, 3.05) is 26.6 Å². The molecule has 0 aliphatic rings. The van der Waals surface area contributed by atoms with Crippen molar-refractivity contribution >= 4 is 11.6 Å². The summed E-state index contributed by atoms with van der Waals surface area (Å²) in [5.74, 6) is 1.40. The normalized spacial score (nSPS) is 10.5. The number of hydrogen-bond donors (Lipinski definition) is 1. The highest BCUT2D eigenvalue weighted by molar-refractivity contribution is 6.08. The Morgan fingerprint density at radius 3 is 2.27 bits per heavy atom. The lowest BCUT2D eigenvalue weighted by Crippen LogP contribution is -2.15. The zero-order valence-corrected chi connectivity index (χ0v) is 19.0. The van der Waals surface area contributed by atoms with Crippen LogP contribution in [0.2, 0.25) is 0 Å².